The largest absolute Gasteiger partial charge is 0.310 e. The van der Waals surface area contributed by atoms with Crippen LogP contribution in [0, 0.1) is 5.41 Å². The molecule has 20 heavy (non-hydrogen) atoms. The highest BCUT2D eigenvalue weighted by Gasteiger charge is 2.58. The van der Waals surface area contributed by atoms with E-state index < -0.39 is 14.6 Å². The van der Waals surface area contributed by atoms with Crippen molar-refractivity contribution in [3.8, 4) is 0 Å². The second-order valence-electron chi connectivity index (χ2n) is 7.91. The molecule has 0 unspecified atom stereocenters. The zero-order valence-electron chi connectivity index (χ0n) is 14.2. The first-order valence-corrected chi connectivity index (χ1v) is 9.83. The Kier molecular flexibility index (Phi) is 5.35. The topological polar surface area (TPSA) is 46.2 Å². The summed E-state index contributed by atoms with van der Waals surface area (Å²) in [6.07, 6.45) is 7.70. The van der Waals surface area contributed by atoms with E-state index in [1.54, 1.807) is 0 Å². The van der Waals surface area contributed by atoms with Gasteiger partial charge in [-0.25, -0.2) is 8.42 Å². The van der Waals surface area contributed by atoms with Crippen molar-refractivity contribution in [2.75, 3.05) is 12.8 Å². The maximum absolute atomic E-state index is 12.3. The van der Waals surface area contributed by atoms with Gasteiger partial charge in [-0.1, -0.05) is 26.7 Å². The van der Waals surface area contributed by atoms with Gasteiger partial charge >= 0.3 is 0 Å². The summed E-state index contributed by atoms with van der Waals surface area (Å²) in [6, 6.07) is 0. The Balaban J connectivity index is 2.86. The first kappa shape index (κ1) is 18.0. The van der Waals surface area contributed by atoms with E-state index in [4.69, 9.17) is 0 Å². The van der Waals surface area contributed by atoms with Crippen LogP contribution in [0.5, 0.6) is 0 Å². The highest BCUT2D eigenvalue weighted by atomic mass is 32.2. The van der Waals surface area contributed by atoms with Gasteiger partial charge in [0, 0.05) is 18.3 Å². The molecule has 0 aromatic rings. The predicted octanol–water partition coefficient (Wildman–Crippen LogP) is 3.54. The van der Waals surface area contributed by atoms with Gasteiger partial charge in [0.2, 0.25) is 0 Å². The van der Waals surface area contributed by atoms with Crippen LogP contribution < -0.4 is 5.32 Å². The van der Waals surface area contributed by atoms with Crippen molar-refractivity contribution < 1.29 is 8.42 Å². The number of nitrogens with one attached hydrogen (secondary N) is 1. The minimum Gasteiger partial charge on any atom is -0.310 e. The summed E-state index contributed by atoms with van der Waals surface area (Å²) in [5.41, 5.74) is 0.234. The van der Waals surface area contributed by atoms with Crippen molar-refractivity contribution in [3.63, 3.8) is 0 Å². The Bertz CT molecular complexity index is 406. The normalized spacial score (nSPS) is 21.5. The van der Waals surface area contributed by atoms with E-state index >= 15 is 0 Å². The Morgan fingerprint density at radius 1 is 1.05 bits per heavy atom. The summed E-state index contributed by atoms with van der Waals surface area (Å²) in [6.45, 7) is 11.3. The van der Waals surface area contributed by atoms with Crippen LogP contribution in [0.3, 0.4) is 0 Å². The zero-order chi connectivity index (χ0) is 15.7. The maximum atomic E-state index is 12.3. The Hall–Kier alpha value is -0.0900. The molecule has 0 aromatic carbocycles. The molecule has 120 valence electrons. The number of hydrogen-bond donors (Lipinski definition) is 1. The van der Waals surface area contributed by atoms with Crippen LogP contribution in [0.15, 0.2) is 0 Å². The molecule has 0 bridgehead atoms. The lowest BCUT2D eigenvalue weighted by molar-refractivity contribution is 0.0484. The number of hydrogen-bond acceptors (Lipinski definition) is 3. The lowest BCUT2D eigenvalue weighted by Gasteiger charge is -2.56. The fraction of sp³-hybridized carbons (Fsp3) is 1.00. The van der Waals surface area contributed by atoms with Crippen molar-refractivity contribution in [1.29, 1.82) is 0 Å². The van der Waals surface area contributed by atoms with Crippen LogP contribution in [-0.4, -0.2) is 31.5 Å². The molecule has 0 heterocycles. The molecule has 0 atom stereocenters. The quantitative estimate of drug-likeness (QED) is 0.782. The predicted molar refractivity (Wildman–Crippen MR) is 86.8 cm³/mol. The van der Waals surface area contributed by atoms with Gasteiger partial charge in [0.05, 0.1) is 4.75 Å². The summed E-state index contributed by atoms with van der Waals surface area (Å²) in [4.78, 5) is 0. The molecule has 0 radical (unpaired) electrons. The highest BCUT2D eigenvalue weighted by Crippen LogP contribution is 2.57. The SMILES string of the molecule is CCCC1(CCC)CC(CNC(C)(C)C)(S(C)(=O)=O)C1. The van der Waals surface area contributed by atoms with Gasteiger partial charge in [0.15, 0.2) is 9.84 Å². The summed E-state index contributed by atoms with van der Waals surface area (Å²) in [7, 11) is -3.02. The van der Waals surface area contributed by atoms with Gasteiger partial charge in [0.25, 0.3) is 0 Å². The van der Waals surface area contributed by atoms with Gasteiger partial charge in [-0.3, -0.25) is 0 Å². The molecule has 1 aliphatic carbocycles. The monoisotopic (exact) mass is 303 g/mol. The van der Waals surface area contributed by atoms with E-state index in [-0.39, 0.29) is 11.0 Å². The molecule has 0 aliphatic heterocycles. The number of rotatable bonds is 7. The molecule has 1 saturated carbocycles. The van der Waals surface area contributed by atoms with Crippen LogP contribution in [0.2, 0.25) is 0 Å². The third-order valence-electron chi connectivity index (χ3n) is 4.68. The third kappa shape index (κ3) is 3.97. The molecule has 0 saturated heterocycles. The minimum atomic E-state index is -3.02. The maximum Gasteiger partial charge on any atom is 0.154 e. The van der Waals surface area contributed by atoms with Crippen molar-refractivity contribution in [1.82, 2.24) is 5.32 Å². The summed E-state index contributed by atoms with van der Waals surface area (Å²) in [5, 5.41) is 3.41. The van der Waals surface area contributed by atoms with Gasteiger partial charge in [-0.05, 0) is 51.9 Å². The Morgan fingerprint density at radius 3 is 1.80 bits per heavy atom. The minimum absolute atomic E-state index is 0.0363. The molecular weight excluding hydrogens is 270 g/mol. The molecule has 3 nitrogen and oxygen atoms in total. The summed E-state index contributed by atoms with van der Waals surface area (Å²) >= 11 is 0. The van der Waals surface area contributed by atoms with E-state index in [1.807, 2.05) is 0 Å². The molecular formula is C16H33NO2S. The molecule has 1 rings (SSSR count). The lowest BCUT2D eigenvalue weighted by atomic mass is 9.57. The average Bonchev–Trinajstić information content (AvgIpc) is 2.20. The third-order valence-corrected chi connectivity index (χ3v) is 6.69. The van der Waals surface area contributed by atoms with E-state index in [0.29, 0.717) is 6.54 Å². The van der Waals surface area contributed by atoms with E-state index in [0.717, 1.165) is 38.5 Å². The average molecular weight is 304 g/mol. The van der Waals surface area contributed by atoms with Gasteiger partial charge in [-0.15, -0.1) is 0 Å². The van der Waals surface area contributed by atoms with Crippen molar-refractivity contribution in [2.45, 2.75) is 83.4 Å². The molecule has 1 fully saturated rings. The molecule has 0 aromatic heterocycles. The van der Waals surface area contributed by atoms with Gasteiger partial charge < -0.3 is 5.32 Å². The van der Waals surface area contributed by atoms with Crippen LogP contribution >= 0.6 is 0 Å². The van der Waals surface area contributed by atoms with Crippen LogP contribution in [0.4, 0.5) is 0 Å². The van der Waals surface area contributed by atoms with Crippen molar-refractivity contribution >= 4 is 9.84 Å². The van der Waals surface area contributed by atoms with Crippen LogP contribution in [0.25, 0.3) is 0 Å². The first-order valence-electron chi connectivity index (χ1n) is 7.94. The van der Waals surface area contributed by atoms with E-state index in [9.17, 15) is 8.42 Å². The first-order chi connectivity index (χ1) is 8.99. The highest BCUT2D eigenvalue weighted by molar-refractivity contribution is 7.92. The summed E-state index contributed by atoms with van der Waals surface area (Å²) < 4.78 is 24.1. The van der Waals surface area contributed by atoms with E-state index in [1.165, 1.54) is 6.26 Å². The fourth-order valence-electron chi connectivity index (χ4n) is 3.80. The Labute approximate surface area is 125 Å². The molecule has 0 spiro atoms. The number of sulfone groups is 1. The smallest absolute Gasteiger partial charge is 0.154 e. The standard InChI is InChI=1S/C16H33NO2S/c1-7-9-15(10-8-2)11-16(12-15,20(6,18)19)13-17-14(3,4)5/h17H,7-13H2,1-6H3. The van der Waals surface area contributed by atoms with Crippen LogP contribution in [0.1, 0.15) is 73.1 Å². The molecule has 4 heteroatoms. The molecule has 1 aliphatic rings. The molecule has 0 amide bonds. The summed E-state index contributed by atoms with van der Waals surface area (Å²) in [5.74, 6) is 0. The van der Waals surface area contributed by atoms with Gasteiger partial charge in [-0.2, -0.15) is 0 Å². The second kappa shape index (κ2) is 5.96. The van der Waals surface area contributed by atoms with E-state index in [2.05, 4.69) is 39.9 Å². The molecule has 1 N–H and O–H groups in total. The second-order valence-corrected chi connectivity index (χ2v) is 10.3. The van der Waals surface area contributed by atoms with Crippen molar-refractivity contribution in [2.24, 2.45) is 5.41 Å². The van der Waals surface area contributed by atoms with Crippen LogP contribution in [-0.2, 0) is 9.84 Å². The van der Waals surface area contributed by atoms with Crippen molar-refractivity contribution in [3.05, 3.63) is 0 Å². The fourth-order valence-corrected chi connectivity index (χ4v) is 5.27. The zero-order valence-corrected chi connectivity index (χ0v) is 15.0. The van der Waals surface area contributed by atoms with Gasteiger partial charge in [0.1, 0.15) is 0 Å². The lowest BCUT2D eigenvalue weighted by Crippen LogP contribution is -2.62. The Morgan fingerprint density at radius 2 is 1.50 bits per heavy atom.